The van der Waals surface area contributed by atoms with Crippen molar-refractivity contribution in [3.05, 3.63) is 0 Å². The minimum atomic E-state index is 0. The summed E-state index contributed by atoms with van der Waals surface area (Å²) in [5.41, 5.74) is 5.98. The summed E-state index contributed by atoms with van der Waals surface area (Å²) in [6.07, 6.45) is 7.81. The maximum Gasteiger partial charge on any atom is 0.222 e. The molecule has 1 rings (SSSR count). The van der Waals surface area contributed by atoms with E-state index in [1.807, 2.05) is 0 Å². The molecule has 0 aromatic heterocycles. The second-order valence-electron chi connectivity index (χ2n) is 6.22. The van der Waals surface area contributed by atoms with Crippen molar-refractivity contribution in [2.75, 3.05) is 13.1 Å². The van der Waals surface area contributed by atoms with Crippen LogP contribution in [0.15, 0.2) is 0 Å². The number of hydrogen-bond donors (Lipinski definition) is 1. The summed E-state index contributed by atoms with van der Waals surface area (Å²) in [7, 11) is 0. The third-order valence-corrected chi connectivity index (χ3v) is 4.56. The summed E-state index contributed by atoms with van der Waals surface area (Å²) in [4.78, 5) is 14.4. The quantitative estimate of drug-likeness (QED) is 0.781. The fourth-order valence-electron chi connectivity index (χ4n) is 2.99. The first-order chi connectivity index (χ1) is 9.08. The van der Waals surface area contributed by atoms with Gasteiger partial charge in [0, 0.05) is 25.6 Å². The van der Waals surface area contributed by atoms with Crippen LogP contribution in [0.1, 0.15) is 65.7 Å². The Hall–Kier alpha value is -0.280. The number of nitrogens with zero attached hydrogens (tertiary/aromatic N) is 1. The van der Waals surface area contributed by atoms with Gasteiger partial charge in [-0.3, -0.25) is 4.79 Å². The van der Waals surface area contributed by atoms with E-state index in [-0.39, 0.29) is 18.4 Å². The summed E-state index contributed by atoms with van der Waals surface area (Å²) >= 11 is 0. The van der Waals surface area contributed by atoms with Crippen molar-refractivity contribution in [2.24, 2.45) is 17.6 Å². The van der Waals surface area contributed by atoms with Crippen LogP contribution in [0, 0.1) is 11.8 Å². The maximum atomic E-state index is 12.4. The Bertz CT molecular complexity index is 271. The molecule has 0 spiro atoms. The fraction of sp³-hybridized carbons (Fsp3) is 0.938. The average Bonchev–Trinajstić information content (AvgIpc) is 2.43. The first-order valence-electron chi connectivity index (χ1n) is 8.11. The van der Waals surface area contributed by atoms with Crippen LogP contribution in [-0.2, 0) is 4.79 Å². The van der Waals surface area contributed by atoms with Gasteiger partial charge in [-0.05, 0) is 38.0 Å². The zero-order valence-corrected chi connectivity index (χ0v) is 14.3. The monoisotopic (exact) mass is 304 g/mol. The molecule has 0 bridgehead atoms. The lowest BCUT2D eigenvalue weighted by molar-refractivity contribution is -0.134. The smallest absolute Gasteiger partial charge is 0.222 e. The van der Waals surface area contributed by atoms with E-state index < -0.39 is 0 Å². The van der Waals surface area contributed by atoms with Gasteiger partial charge in [-0.15, -0.1) is 12.4 Å². The van der Waals surface area contributed by atoms with Crippen LogP contribution in [0.5, 0.6) is 0 Å². The van der Waals surface area contributed by atoms with Gasteiger partial charge in [0.15, 0.2) is 0 Å². The lowest BCUT2D eigenvalue weighted by atomic mass is 9.90. The van der Waals surface area contributed by atoms with Crippen LogP contribution in [0.25, 0.3) is 0 Å². The zero-order valence-electron chi connectivity index (χ0n) is 13.4. The van der Waals surface area contributed by atoms with Gasteiger partial charge in [-0.2, -0.15) is 0 Å². The first kappa shape index (κ1) is 19.7. The van der Waals surface area contributed by atoms with Gasteiger partial charge in [0.25, 0.3) is 0 Å². The minimum absolute atomic E-state index is 0. The number of unbranched alkanes of at least 4 members (excludes halogenated alkanes) is 1. The predicted octanol–water partition coefficient (Wildman–Crippen LogP) is 3.60. The molecular formula is C16H33ClN2O. The highest BCUT2D eigenvalue weighted by molar-refractivity contribution is 5.85. The predicted molar refractivity (Wildman–Crippen MR) is 88.1 cm³/mol. The third kappa shape index (κ3) is 6.45. The van der Waals surface area contributed by atoms with Gasteiger partial charge >= 0.3 is 0 Å². The number of carbonyl (C=O) groups excluding carboxylic acids is 1. The summed E-state index contributed by atoms with van der Waals surface area (Å²) in [5, 5.41) is 0. The molecule has 1 amide bonds. The number of nitrogens with two attached hydrogens (primary N) is 1. The zero-order chi connectivity index (χ0) is 14.3. The van der Waals surface area contributed by atoms with Gasteiger partial charge in [0.05, 0.1) is 0 Å². The lowest BCUT2D eigenvalue weighted by Crippen LogP contribution is -2.45. The molecule has 2 N–H and O–H groups in total. The third-order valence-electron chi connectivity index (χ3n) is 4.56. The van der Waals surface area contributed by atoms with Crippen molar-refractivity contribution in [1.29, 1.82) is 0 Å². The largest absolute Gasteiger partial charge is 0.342 e. The summed E-state index contributed by atoms with van der Waals surface area (Å²) < 4.78 is 0. The number of carbonyl (C=O) groups is 1. The summed E-state index contributed by atoms with van der Waals surface area (Å²) in [5.74, 6) is 1.42. The van der Waals surface area contributed by atoms with Gasteiger partial charge in [-0.25, -0.2) is 0 Å². The molecular weight excluding hydrogens is 272 g/mol. The van der Waals surface area contributed by atoms with E-state index in [0.717, 1.165) is 32.4 Å². The van der Waals surface area contributed by atoms with Crippen molar-refractivity contribution in [2.45, 2.75) is 71.8 Å². The molecule has 3 unspecified atom stereocenters. The summed E-state index contributed by atoms with van der Waals surface area (Å²) in [6.45, 7) is 8.29. The van der Waals surface area contributed by atoms with E-state index in [0.29, 0.717) is 17.7 Å². The van der Waals surface area contributed by atoms with Gasteiger partial charge < -0.3 is 10.6 Å². The van der Waals surface area contributed by atoms with Crippen LogP contribution < -0.4 is 5.73 Å². The van der Waals surface area contributed by atoms with Crippen molar-refractivity contribution < 1.29 is 4.79 Å². The number of hydrogen-bond acceptors (Lipinski definition) is 2. The topological polar surface area (TPSA) is 46.3 Å². The Morgan fingerprint density at radius 1 is 1.40 bits per heavy atom. The molecule has 1 heterocycles. The standard InChI is InChI=1S/C16H32N2O.ClH/c1-4-6-8-14(5-2)11-16(19)18-10-7-9-15(12-18)13(3)17;/h13-15H,4-12,17H2,1-3H3;1H. The van der Waals surface area contributed by atoms with Crippen molar-refractivity contribution in [1.82, 2.24) is 4.90 Å². The highest BCUT2D eigenvalue weighted by Gasteiger charge is 2.26. The molecule has 1 fully saturated rings. The highest BCUT2D eigenvalue weighted by Crippen LogP contribution is 2.22. The Kier molecular flexibility index (Phi) is 10.3. The highest BCUT2D eigenvalue weighted by atomic mass is 35.5. The number of halogens is 1. The molecule has 20 heavy (non-hydrogen) atoms. The van der Waals surface area contributed by atoms with Crippen molar-refractivity contribution in [3.8, 4) is 0 Å². The molecule has 3 atom stereocenters. The van der Waals surface area contributed by atoms with E-state index in [1.165, 1.54) is 25.7 Å². The molecule has 1 aliphatic rings. The van der Waals surface area contributed by atoms with Crippen molar-refractivity contribution >= 4 is 18.3 Å². The molecule has 3 nitrogen and oxygen atoms in total. The molecule has 0 aromatic rings. The van der Waals surface area contributed by atoms with E-state index in [9.17, 15) is 4.79 Å². The van der Waals surface area contributed by atoms with Crippen LogP contribution >= 0.6 is 12.4 Å². The van der Waals surface area contributed by atoms with E-state index in [4.69, 9.17) is 5.73 Å². The van der Waals surface area contributed by atoms with Crippen LogP contribution in [0.4, 0.5) is 0 Å². The summed E-state index contributed by atoms with van der Waals surface area (Å²) in [6, 6.07) is 0.206. The molecule has 0 aromatic carbocycles. The Labute approximate surface area is 131 Å². The normalized spacial score (nSPS) is 22.0. The molecule has 1 saturated heterocycles. The van der Waals surface area contributed by atoms with Gasteiger partial charge in [0.1, 0.15) is 0 Å². The molecule has 0 aliphatic carbocycles. The van der Waals surface area contributed by atoms with Crippen LogP contribution in [0.2, 0.25) is 0 Å². The van der Waals surface area contributed by atoms with Gasteiger partial charge in [-0.1, -0.05) is 33.1 Å². The number of amides is 1. The second kappa shape index (κ2) is 10.4. The van der Waals surface area contributed by atoms with E-state index in [1.54, 1.807) is 0 Å². The maximum absolute atomic E-state index is 12.4. The van der Waals surface area contributed by atoms with E-state index in [2.05, 4.69) is 25.7 Å². The Morgan fingerprint density at radius 2 is 2.10 bits per heavy atom. The molecule has 1 aliphatic heterocycles. The number of piperidine rings is 1. The van der Waals surface area contributed by atoms with E-state index >= 15 is 0 Å². The first-order valence-corrected chi connectivity index (χ1v) is 8.11. The Balaban J connectivity index is 0.00000361. The second-order valence-corrected chi connectivity index (χ2v) is 6.22. The van der Waals surface area contributed by atoms with Crippen LogP contribution in [0.3, 0.4) is 0 Å². The van der Waals surface area contributed by atoms with Crippen LogP contribution in [-0.4, -0.2) is 29.9 Å². The SMILES string of the molecule is CCCCC(CC)CC(=O)N1CCCC(C(C)N)C1.Cl. The lowest BCUT2D eigenvalue weighted by Gasteiger charge is -2.35. The van der Waals surface area contributed by atoms with Gasteiger partial charge in [0.2, 0.25) is 5.91 Å². The molecule has 4 heteroatoms. The number of rotatable bonds is 7. The molecule has 120 valence electrons. The molecule has 0 saturated carbocycles. The molecule has 0 radical (unpaired) electrons. The average molecular weight is 305 g/mol. The Morgan fingerprint density at radius 3 is 2.65 bits per heavy atom. The number of likely N-dealkylation sites (tertiary alicyclic amines) is 1. The van der Waals surface area contributed by atoms with Crippen molar-refractivity contribution in [3.63, 3.8) is 0 Å². The minimum Gasteiger partial charge on any atom is -0.342 e. The fourth-order valence-corrected chi connectivity index (χ4v) is 2.99.